The molecule has 7 heteroatoms. The molecule has 2 aliphatic heterocycles. The van der Waals surface area contributed by atoms with Crippen LogP contribution in [0.15, 0.2) is 24.3 Å². The van der Waals surface area contributed by atoms with E-state index >= 15 is 0 Å². The van der Waals surface area contributed by atoms with Crippen molar-refractivity contribution in [2.45, 2.75) is 18.4 Å². The molecule has 0 unspecified atom stereocenters. The number of piperazine rings is 1. The molecule has 0 aromatic heterocycles. The van der Waals surface area contributed by atoms with Crippen molar-refractivity contribution >= 4 is 23.2 Å². The molecule has 138 valence electrons. The highest BCUT2D eigenvalue weighted by molar-refractivity contribution is 6.30. The number of nitrogens with zero attached hydrogens (tertiary/aromatic N) is 2. The van der Waals surface area contributed by atoms with Gasteiger partial charge in [-0.15, -0.1) is 0 Å². The van der Waals surface area contributed by atoms with Crippen LogP contribution >= 0.6 is 11.6 Å². The Labute approximate surface area is 154 Å². The highest BCUT2D eigenvalue weighted by atomic mass is 35.5. The monoisotopic (exact) mass is 366 g/mol. The lowest BCUT2D eigenvalue weighted by atomic mass is 9.90. The van der Waals surface area contributed by atoms with Gasteiger partial charge in [-0.3, -0.25) is 9.69 Å². The third kappa shape index (κ3) is 4.85. The van der Waals surface area contributed by atoms with Crippen molar-refractivity contribution in [3.63, 3.8) is 0 Å². The van der Waals surface area contributed by atoms with Crippen molar-refractivity contribution < 1.29 is 9.53 Å². The van der Waals surface area contributed by atoms with Gasteiger partial charge in [0.1, 0.15) is 0 Å². The molecule has 2 fully saturated rings. The number of anilines is 1. The lowest BCUT2D eigenvalue weighted by Crippen LogP contribution is -2.58. The quantitative estimate of drug-likeness (QED) is 0.816. The summed E-state index contributed by atoms with van der Waals surface area (Å²) >= 11 is 6.07. The molecule has 0 spiro atoms. The van der Waals surface area contributed by atoms with Crippen LogP contribution in [-0.4, -0.2) is 68.8 Å². The molecule has 3 rings (SSSR count). The molecule has 3 N–H and O–H groups in total. The van der Waals surface area contributed by atoms with Gasteiger partial charge in [0.2, 0.25) is 5.91 Å². The Balaban J connectivity index is 1.38. The first-order valence-corrected chi connectivity index (χ1v) is 9.32. The van der Waals surface area contributed by atoms with Crippen molar-refractivity contribution in [3.05, 3.63) is 29.3 Å². The standard InChI is InChI=1S/C18H27ClN4O2/c19-15-2-1-3-16(14-15)23-10-8-22(9-11-23)7-6-21-17(24)18(20)4-12-25-13-5-18/h1-3,14H,4-13,20H2,(H,21,24). The van der Waals surface area contributed by atoms with E-state index in [-0.39, 0.29) is 5.91 Å². The maximum atomic E-state index is 12.3. The van der Waals surface area contributed by atoms with Gasteiger partial charge in [0.15, 0.2) is 0 Å². The predicted octanol–water partition coefficient (Wildman–Crippen LogP) is 1.09. The number of amides is 1. The Morgan fingerprint density at radius 3 is 2.64 bits per heavy atom. The smallest absolute Gasteiger partial charge is 0.240 e. The van der Waals surface area contributed by atoms with E-state index < -0.39 is 5.54 Å². The minimum Gasteiger partial charge on any atom is -0.381 e. The summed E-state index contributed by atoms with van der Waals surface area (Å²) in [6.45, 7) is 6.50. The van der Waals surface area contributed by atoms with Gasteiger partial charge in [0.05, 0.1) is 5.54 Å². The highest BCUT2D eigenvalue weighted by Crippen LogP contribution is 2.21. The van der Waals surface area contributed by atoms with E-state index in [1.807, 2.05) is 18.2 Å². The number of nitrogens with one attached hydrogen (secondary N) is 1. The lowest BCUT2D eigenvalue weighted by Gasteiger charge is -2.36. The minimum atomic E-state index is -0.760. The molecule has 0 saturated carbocycles. The molecule has 6 nitrogen and oxygen atoms in total. The van der Waals surface area contributed by atoms with E-state index in [0.29, 0.717) is 32.6 Å². The van der Waals surface area contributed by atoms with Crippen LogP contribution in [0, 0.1) is 0 Å². The van der Waals surface area contributed by atoms with Crippen molar-refractivity contribution in [3.8, 4) is 0 Å². The number of halogens is 1. The molecule has 25 heavy (non-hydrogen) atoms. The topological polar surface area (TPSA) is 70.8 Å². The van der Waals surface area contributed by atoms with Gasteiger partial charge >= 0.3 is 0 Å². The highest BCUT2D eigenvalue weighted by Gasteiger charge is 2.35. The van der Waals surface area contributed by atoms with Gasteiger partial charge in [0.25, 0.3) is 0 Å². The number of carbonyl (C=O) groups excluding carboxylic acids is 1. The number of rotatable bonds is 5. The second kappa shape index (κ2) is 8.36. The normalized spacial score (nSPS) is 21.1. The van der Waals surface area contributed by atoms with E-state index in [4.69, 9.17) is 22.1 Å². The molecule has 0 radical (unpaired) electrons. The Bertz CT molecular complexity index is 584. The van der Waals surface area contributed by atoms with Crippen LogP contribution in [0.1, 0.15) is 12.8 Å². The predicted molar refractivity (Wildman–Crippen MR) is 100 cm³/mol. The first kappa shape index (κ1) is 18.5. The molecular weight excluding hydrogens is 340 g/mol. The summed E-state index contributed by atoms with van der Waals surface area (Å²) in [7, 11) is 0. The Hall–Kier alpha value is -1.34. The summed E-state index contributed by atoms with van der Waals surface area (Å²) in [5, 5.41) is 3.77. The summed E-state index contributed by atoms with van der Waals surface area (Å²) in [6, 6.07) is 7.98. The first-order valence-electron chi connectivity index (χ1n) is 8.95. The van der Waals surface area contributed by atoms with Crippen molar-refractivity contribution in [2.24, 2.45) is 5.73 Å². The SMILES string of the molecule is NC1(C(=O)NCCN2CCN(c3cccc(Cl)c3)CC2)CCOCC1. The Morgan fingerprint density at radius 1 is 1.24 bits per heavy atom. The van der Waals surface area contributed by atoms with Gasteiger partial charge in [0, 0.05) is 63.2 Å². The van der Waals surface area contributed by atoms with E-state index in [1.165, 1.54) is 5.69 Å². The molecule has 1 aromatic rings. The summed E-state index contributed by atoms with van der Waals surface area (Å²) in [6.07, 6.45) is 1.19. The maximum Gasteiger partial charge on any atom is 0.240 e. The molecule has 1 amide bonds. The molecule has 0 aliphatic carbocycles. The van der Waals surface area contributed by atoms with Gasteiger partial charge in [-0.25, -0.2) is 0 Å². The summed E-state index contributed by atoms with van der Waals surface area (Å²) in [4.78, 5) is 17.0. The van der Waals surface area contributed by atoms with Crippen LogP contribution < -0.4 is 16.0 Å². The van der Waals surface area contributed by atoms with Gasteiger partial charge in [-0.2, -0.15) is 0 Å². The van der Waals surface area contributed by atoms with E-state index in [9.17, 15) is 4.79 Å². The zero-order valence-electron chi connectivity index (χ0n) is 14.5. The van der Waals surface area contributed by atoms with Gasteiger partial charge in [-0.1, -0.05) is 17.7 Å². The number of hydrogen-bond donors (Lipinski definition) is 2. The fraction of sp³-hybridized carbons (Fsp3) is 0.611. The van der Waals surface area contributed by atoms with E-state index in [0.717, 1.165) is 37.7 Å². The maximum absolute atomic E-state index is 12.3. The number of hydrogen-bond acceptors (Lipinski definition) is 5. The number of benzene rings is 1. The molecule has 1 aromatic carbocycles. The second-order valence-corrected chi connectivity index (χ2v) is 7.27. The van der Waals surface area contributed by atoms with Gasteiger partial charge < -0.3 is 20.7 Å². The Morgan fingerprint density at radius 2 is 1.96 bits per heavy atom. The average molecular weight is 367 g/mol. The van der Waals surface area contributed by atoms with E-state index in [1.54, 1.807) is 0 Å². The molecule has 2 aliphatic rings. The molecule has 2 saturated heterocycles. The van der Waals surface area contributed by atoms with Crippen molar-refractivity contribution in [2.75, 3.05) is 57.4 Å². The van der Waals surface area contributed by atoms with Crippen LogP contribution in [-0.2, 0) is 9.53 Å². The molecule has 2 heterocycles. The Kier molecular flexibility index (Phi) is 6.17. The van der Waals surface area contributed by atoms with Crippen LogP contribution in [0.3, 0.4) is 0 Å². The number of ether oxygens (including phenoxy) is 1. The molecule has 0 bridgehead atoms. The zero-order valence-corrected chi connectivity index (χ0v) is 15.3. The first-order chi connectivity index (χ1) is 12.1. The van der Waals surface area contributed by atoms with Crippen molar-refractivity contribution in [1.29, 1.82) is 0 Å². The van der Waals surface area contributed by atoms with E-state index in [2.05, 4.69) is 21.2 Å². The van der Waals surface area contributed by atoms with Crippen LogP contribution in [0.4, 0.5) is 5.69 Å². The third-order valence-corrected chi connectivity index (χ3v) is 5.33. The fourth-order valence-corrected chi connectivity index (χ4v) is 3.55. The average Bonchev–Trinajstić information content (AvgIpc) is 2.63. The molecule has 0 atom stereocenters. The third-order valence-electron chi connectivity index (χ3n) is 5.10. The lowest BCUT2D eigenvalue weighted by molar-refractivity contribution is -0.129. The second-order valence-electron chi connectivity index (χ2n) is 6.83. The zero-order chi connectivity index (χ0) is 17.7. The molecular formula is C18H27ClN4O2. The van der Waals surface area contributed by atoms with Crippen molar-refractivity contribution in [1.82, 2.24) is 10.2 Å². The number of carbonyl (C=O) groups is 1. The largest absolute Gasteiger partial charge is 0.381 e. The van der Waals surface area contributed by atoms with Gasteiger partial charge in [-0.05, 0) is 31.0 Å². The van der Waals surface area contributed by atoms with Crippen LogP contribution in [0.2, 0.25) is 5.02 Å². The summed E-state index contributed by atoms with van der Waals surface area (Å²) < 4.78 is 5.29. The summed E-state index contributed by atoms with van der Waals surface area (Å²) in [5.74, 6) is -0.0478. The summed E-state index contributed by atoms with van der Waals surface area (Å²) in [5.41, 5.74) is 6.60. The van der Waals surface area contributed by atoms with Crippen LogP contribution in [0.5, 0.6) is 0 Å². The fourth-order valence-electron chi connectivity index (χ4n) is 3.37. The van der Waals surface area contributed by atoms with Crippen LogP contribution in [0.25, 0.3) is 0 Å². The number of nitrogens with two attached hydrogens (primary N) is 1. The minimum absolute atomic E-state index is 0.0478.